The van der Waals surface area contributed by atoms with E-state index in [9.17, 15) is 0 Å². The highest BCUT2D eigenvalue weighted by Gasteiger charge is 2.08. The van der Waals surface area contributed by atoms with E-state index < -0.39 is 0 Å². The summed E-state index contributed by atoms with van der Waals surface area (Å²) in [7, 11) is 1.92. The van der Waals surface area contributed by atoms with Crippen LogP contribution in [0.2, 0.25) is 0 Å². The van der Waals surface area contributed by atoms with E-state index in [4.69, 9.17) is 4.42 Å². The van der Waals surface area contributed by atoms with Gasteiger partial charge in [0, 0.05) is 17.4 Å². The quantitative estimate of drug-likeness (QED) is 0.936. The molecule has 0 bridgehead atoms. The van der Waals surface area contributed by atoms with Gasteiger partial charge in [0.2, 0.25) is 5.89 Å². The van der Waals surface area contributed by atoms with E-state index in [1.807, 2.05) is 31.3 Å². The van der Waals surface area contributed by atoms with E-state index in [2.05, 4.69) is 26.2 Å². The van der Waals surface area contributed by atoms with Crippen molar-refractivity contribution in [3.63, 3.8) is 0 Å². The van der Waals surface area contributed by atoms with Crippen molar-refractivity contribution in [3.05, 3.63) is 40.7 Å². The van der Waals surface area contributed by atoms with Crippen LogP contribution >= 0.6 is 15.9 Å². The summed E-state index contributed by atoms with van der Waals surface area (Å²) in [6, 6.07) is 7.90. The molecule has 0 radical (unpaired) electrons. The van der Waals surface area contributed by atoms with Crippen molar-refractivity contribution in [2.75, 3.05) is 13.6 Å². The van der Waals surface area contributed by atoms with Crippen LogP contribution in [0.15, 0.2) is 39.4 Å². The van der Waals surface area contributed by atoms with Crippen LogP contribution in [-0.2, 0) is 6.42 Å². The summed E-state index contributed by atoms with van der Waals surface area (Å²) in [6.45, 7) is 0.893. The molecular weight excluding hydrogens is 268 g/mol. The number of likely N-dealkylation sites (N-methyl/N-ethyl adjacent to an activating group) is 1. The number of oxazole rings is 1. The van der Waals surface area contributed by atoms with Crippen LogP contribution in [0, 0.1) is 0 Å². The number of nitrogens with zero attached hydrogens (tertiary/aromatic N) is 1. The number of hydrogen-bond donors (Lipinski definition) is 1. The van der Waals surface area contributed by atoms with Crippen molar-refractivity contribution in [3.8, 4) is 11.5 Å². The van der Waals surface area contributed by atoms with Gasteiger partial charge in [0.25, 0.3) is 0 Å². The van der Waals surface area contributed by atoms with E-state index >= 15 is 0 Å². The Morgan fingerprint density at radius 1 is 1.38 bits per heavy atom. The van der Waals surface area contributed by atoms with Crippen LogP contribution in [0.5, 0.6) is 0 Å². The first-order chi connectivity index (χ1) is 7.81. The van der Waals surface area contributed by atoms with E-state index in [0.717, 1.165) is 28.8 Å². The van der Waals surface area contributed by atoms with Crippen molar-refractivity contribution in [1.29, 1.82) is 0 Å². The Bertz CT molecular complexity index is 468. The Kier molecular flexibility index (Phi) is 3.74. The standard InChI is InChI=1S/C12H13BrN2O/c1-14-7-6-9-8-15-12(16-9)10-4-2-3-5-11(10)13/h2-5,8,14H,6-7H2,1H3. The SMILES string of the molecule is CNCCc1cnc(-c2ccccc2Br)o1. The minimum atomic E-state index is 0.665. The molecule has 3 nitrogen and oxygen atoms in total. The third-order valence-electron chi connectivity index (χ3n) is 2.28. The molecule has 0 aliphatic carbocycles. The van der Waals surface area contributed by atoms with E-state index in [1.165, 1.54) is 0 Å². The van der Waals surface area contributed by atoms with Crippen molar-refractivity contribution in [2.45, 2.75) is 6.42 Å². The average Bonchev–Trinajstić information content (AvgIpc) is 2.75. The molecule has 2 rings (SSSR count). The highest BCUT2D eigenvalue weighted by molar-refractivity contribution is 9.10. The van der Waals surface area contributed by atoms with Crippen LogP contribution in [0.1, 0.15) is 5.76 Å². The fourth-order valence-electron chi connectivity index (χ4n) is 1.43. The van der Waals surface area contributed by atoms with Gasteiger partial charge in [0.15, 0.2) is 0 Å². The number of aromatic nitrogens is 1. The highest BCUT2D eigenvalue weighted by Crippen LogP contribution is 2.27. The van der Waals surface area contributed by atoms with Gasteiger partial charge in [-0.25, -0.2) is 4.98 Å². The monoisotopic (exact) mass is 280 g/mol. The summed E-state index contributed by atoms with van der Waals surface area (Å²) >= 11 is 3.48. The Hall–Kier alpha value is -1.13. The molecule has 0 unspecified atom stereocenters. The lowest BCUT2D eigenvalue weighted by Crippen LogP contribution is -2.09. The zero-order valence-corrected chi connectivity index (χ0v) is 10.6. The zero-order chi connectivity index (χ0) is 11.4. The molecule has 84 valence electrons. The van der Waals surface area contributed by atoms with Gasteiger partial charge in [0.1, 0.15) is 5.76 Å². The minimum Gasteiger partial charge on any atom is -0.441 e. The molecule has 1 N–H and O–H groups in total. The first-order valence-electron chi connectivity index (χ1n) is 5.15. The maximum atomic E-state index is 5.67. The predicted octanol–water partition coefficient (Wildman–Crippen LogP) is 2.87. The first kappa shape index (κ1) is 11.4. The largest absolute Gasteiger partial charge is 0.441 e. The summed E-state index contributed by atoms with van der Waals surface area (Å²) in [5.41, 5.74) is 0.984. The fourth-order valence-corrected chi connectivity index (χ4v) is 1.88. The van der Waals surface area contributed by atoms with Crippen molar-refractivity contribution < 1.29 is 4.42 Å². The van der Waals surface area contributed by atoms with Crippen molar-refractivity contribution in [2.24, 2.45) is 0 Å². The summed E-state index contributed by atoms with van der Waals surface area (Å²) < 4.78 is 6.67. The van der Waals surface area contributed by atoms with Crippen LogP contribution in [-0.4, -0.2) is 18.6 Å². The molecule has 0 atom stereocenters. The van der Waals surface area contributed by atoms with Gasteiger partial charge in [-0.15, -0.1) is 0 Å². The summed E-state index contributed by atoms with van der Waals surface area (Å²) in [4.78, 5) is 4.28. The third kappa shape index (κ3) is 2.51. The van der Waals surface area contributed by atoms with Crippen LogP contribution in [0.4, 0.5) is 0 Å². The Labute approximate surface area is 103 Å². The Morgan fingerprint density at radius 3 is 2.94 bits per heavy atom. The Morgan fingerprint density at radius 2 is 2.19 bits per heavy atom. The molecule has 0 fully saturated rings. The second-order valence-electron chi connectivity index (χ2n) is 3.47. The molecule has 0 saturated carbocycles. The molecule has 0 aliphatic heterocycles. The second-order valence-corrected chi connectivity index (χ2v) is 4.32. The predicted molar refractivity (Wildman–Crippen MR) is 67.3 cm³/mol. The number of halogens is 1. The van der Waals surface area contributed by atoms with E-state index in [0.29, 0.717) is 5.89 Å². The Balaban J connectivity index is 2.22. The number of benzene rings is 1. The first-order valence-corrected chi connectivity index (χ1v) is 5.95. The molecule has 4 heteroatoms. The summed E-state index contributed by atoms with van der Waals surface area (Å²) in [5, 5.41) is 3.08. The molecule has 16 heavy (non-hydrogen) atoms. The average molecular weight is 281 g/mol. The normalized spacial score (nSPS) is 10.6. The van der Waals surface area contributed by atoms with E-state index in [-0.39, 0.29) is 0 Å². The second kappa shape index (κ2) is 5.27. The summed E-state index contributed by atoms with van der Waals surface area (Å²) in [6.07, 6.45) is 2.64. The maximum absolute atomic E-state index is 5.67. The summed E-state index contributed by atoms with van der Waals surface area (Å²) in [5.74, 6) is 1.57. The number of hydrogen-bond acceptors (Lipinski definition) is 3. The third-order valence-corrected chi connectivity index (χ3v) is 2.97. The van der Waals surface area contributed by atoms with Gasteiger partial charge in [-0.05, 0) is 35.1 Å². The topological polar surface area (TPSA) is 38.1 Å². The van der Waals surface area contributed by atoms with Crippen molar-refractivity contribution >= 4 is 15.9 Å². The molecule has 1 heterocycles. The molecule has 0 amide bonds. The zero-order valence-electron chi connectivity index (χ0n) is 9.03. The van der Waals surface area contributed by atoms with Gasteiger partial charge in [0.05, 0.1) is 11.8 Å². The fraction of sp³-hybridized carbons (Fsp3) is 0.250. The van der Waals surface area contributed by atoms with E-state index in [1.54, 1.807) is 6.20 Å². The minimum absolute atomic E-state index is 0.665. The number of rotatable bonds is 4. The molecule has 1 aromatic carbocycles. The van der Waals surface area contributed by atoms with Crippen LogP contribution in [0.3, 0.4) is 0 Å². The van der Waals surface area contributed by atoms with Gasteiger partial charge < -0.3 is 9.73 Å². The molecule has 0 spiro atoms. The smallest absolute Gasteiger partial charge is 0.227 e. The molecule has 0 aliphatic rings. The number of nitrogens with one attached hydrogen (secondary N) is 1. The van der Waals surface area contributed by atoms with Crippen LogP contribution in [0.25, 0.3) is 11.5 Å². The highest BCUT2D eigenvalue weighted by atomic mass is 79.9. The van der Waals surface area contributed by atoms with Gasteiger partial charge in [-0.2, -0.15) is 0 Å². The molecular formula is C12H13BrN2O. The molecule has 0 saturated heterocycles. The van der Waals surface area contributed by atoms with Gasteiger partial charge >= 0.3 is 0 Å². The maximum Gasteiger partial charge on any atom is 0.227 e. The lowest BCUT2D eigenvalue weighted by atomic mass is 10.2. The molecule has 1 aromatic heterocycles. The van der Waals surface area contributed by atoms with Crippen molar-refractivity contribution in [1.82, 2.24) is 10.3 Å². The lowest BCUT2D eigenvalue weighted by Gasteiger charge is -1.98. The van der Waals surface area contributed by atoms with Gasteiger partial charge in [-0.3, -0.25) is 0 Å². The van der Waals surface area contributed by atoms with Gasteiger partial charge in [-0.1, -0.05) is 12.1 Å². The lowest BCUT2D eigenvalue weighted by molar-refractivity contribution is 0.512. The molecule has 2 aromatic rings. The van der Waals surface area contributed by atoms with Crippen LogP contribution < -0.4 is 5.32 Å².